The average molecular weight is 299 g/mol. The Kier molecular flexibility index (Phi) is 6.68. The fraction of sp³-hybridized carbons (Fsp3) is 0.800. The summed E-state index contributed by atoms with van der Waals surface area (Å²) in [5.41, 5.74) is 0. The maximum Gasteiger partial charge on any atom is 0.103 e. The van der Waals surface area contributed by atoms with Gasteiger partial charge in [-0.25, -0.2) is 4.98 Å². The molecule has 0 radical (unpaired) electrons. The predicted molar refractivity (Wildman–Crippen MR) is 87.0 cm³/mol. The summed E-state index contributed by atoms with van der Waals surface area (Å²) in [7, 11) is 0. The molecule has 1 N–H and O–H groups in total. The third-order valence-corrected chi connectivity index (χ3v) is 6.44. The van der Waals surface area contributed by atoms with E-state index in [0.717, 1.165) is 17.5 Å². The number of aromatic nitrogens is 1. The zero-order chi connectivity index (χ0) is 13.5. The zero-order valence-corrected chi connectivity index (χ0v) is 13.8. The van der Waals surface area contributed by atoms with Crippen molar-refractivity contribution in [3.63, 3.8) is 0 Å². The smallest absolute Gasteiger partial charge is 0.103 e. The lowest BCUT2D eigenvalue weighted by atomic mass is 10.0. The minimum absolute atomic E-state index is 0.450. The van der Waals surface area contributed by atoms with E-state index in [-0.39, 0.29) is 0 Å². The van der Waals surface area contributed by atoms with Gasteiger partial charge in [0.15, 0.2) is 0 Å². The first kappa shape index (κ1) is 15.3. The Morgan fingerprint density at radius 3 is 2.95 bits per heavy atom. The summed E-state index contributed by atoms with van der Waals surface area (Å²) in [4.78, 5) is 5.97. The fourth-order valence-electron chi connectivity index (χ4n) is 2.47. The molecule has 0 saturated heterocycles. The lowest BCUT2D eigenvalue weighted by Gasteiger charge is -2.20. The van der Waals surface area contributed by atoms with Crippen molar-refractivity contribution in [2.45, 2.75) is 69.4 Å². The van der Waals surface area contributed by atoms with Crippen LogP contribution in [-0.4, -0.2) is 16.8 Å². The molecule has 0 spiro atoms. The number of thioether (sulfide) groups is 1. The molecule has 4 heteroatoms. The molecule has 1 saturated carbocycles. The molecule has 0 bridgehead atoms. The average Bonchev–Trinajstić information content (AvgIpc) is 2.92. The van der Waals surface area contributed by atoms with E-state index in [0.29, 0.717) is 6.04 Å². The minimum Gasteiger partial charge on any atom is -0.309 e. The van der Waals surface area contributed by atoms with Crippen LogP contribution in [0.5, 0.6) is 0 Å². The maximum atomic E-state index is 4.59. The van der Waals surface area contributed by atoms with E-state index in [9.17, 15) is 0 Å². The molecule has 1 aliphatic rings. The quantitative estimate of drug-likeness (QED) is 0.785. The highest BCUT2D eigenvalue weighted by atomic mass is 32.2. The van der Waals surface area contributed by atoms with Crippen LogP contribution in [0, 0.1) is 0 Å². The number of hydrogen-bond acceptors (Lipinski definition) is 4. The molecule has 1 atom stereocenters. The van der Waals surface area contributed by atoms with E-state index in [1.54, 1.807) is 0 Å². The Labute approximate surface area is 125 Å². The van der Waals surface area contributed by atoms with Crippen LogP contribution in [0.2, 0.25) is 0 Å². The Morgan fingerprint density at radius 1 is 1.42 bits per heavy atom. The van der Waals surface area contributed by atoms with Gasteiger partial charge in [-0.15, -0.1) is 11.3 Å². The van der Waals surface area contributed by atoms with Crippen molar-refractivity contribution in [1.29, 1.82) is 0 Å². The molecule has 1 aliphatic carbocycles. The van der Waals surface area contributed by atoms with E-state index >= 15 is 0 Å². The maximum absolute atomic E-state index is 4.59. The summed E-state index contributed by atoms with van der Waals surface area (Å²) >= 11 is 4.01. The van der Waals surface area contributed by atoms with E-state index in [1.165, 1.54) is 48.4 Å². The van der Waals surface area contributed by atoms with Gasteiger partial charge in [0.1, 0.15) is 5.01 Å². The normalized spacial score (nSPS) is 18.6. The van der Waals surface area contributed by atoms with Gasteiger partial charge in [0.05, 0.1) is 0 Å². The molecule has 1 aromatic heterocycles. The van der Waals surface area contributed by atoms with Crippen LogP contribution in [0.25, 0.3) is 0 Å². The molecular weight excluding hydrogens is 272 g/mol. The first-order valence-electron chi connectivity index (χ1n) is 7.59. The van der Waals surface area contributed by atoms with E-state index in [1.807, 2.05) is 11.3 Å². The molecule has 2 nitrogen and oxygen atoms in total. The van der Waals surface area contributed by atoms with E-state index < -0.39 is 0 Å². The molecule has 19 heavy (non-hydrogen) atoms. The van der Waals surface area contributed by atoms with Gasteiger partial charge in [-0.2, -0.15) is 11.8 Å². The van der Waals surface area contributed by atoms with Gasteiger partial charge in [-0.3, -0.25) is 0 Å². The third kappa shape index (κ3) is 5.09. The predicted octanol–water partition coefficient (Wildman–Crippen LogP) is 4.77. The van der Waals surface area contributed by atoms with Crippen molar-refractivity contribution in [1.82, 2.24) is 10.3 Å². The highest BCUT2D eigenvalue weighted by molar-refractivity contribution is 7.99. The fourth-order valence-corrected chi connectivity index (χ4v) is 4.78. The lowest BCUT2D eigenvalue weighted by molar-refractivity contribution is 0.516. The molecule has 2 rings (SSSR count). The summed E-state index contributed by atoms with van der Waals surface area (Å²) < 4.78 is 0. The summed E-state index contributed by atoms with van der Waals surface area (Å²) in [5.74, 6) is 1.11. The Hall–Kier alpha value is -0.0600. The molecule has 0 aromatic carbocycles. The highest BCUT2D eigenvalue weighted by Gasteiger charge is 2.15. The van der Waals surface area contributed by atoms with Gasteiger partial charge in [0.25, 0.3) is 0 Å². The molecule has 1 fully saturated rings. The monoisotopic (exact) mass is 298 g/mol. The van der Waals surface area contributed by atoms with Crippen molar-refractivity contribution in [3.05, 3.63) is 16.1 Å². The van der Waals surface area contributed by atoms with Crippen molar-refractivity contribution >= 4 is 23.1 Å². The van der Waals surface area contributed by atoms with Gasteiger partial charge in [-0.05, 0) is 32.7 Å². The zero-order valence-electron chi connectivity index (χ0n) is 12.2. The number of nitrogens with one attached hydrogen (secondary N) is 1. The topological polar surface area (TPSA) is 24.9 Å². The van der Waals surface area contributed by atoms with E-state index in [4.69, 9.17) is 0 Å². The molecule has 1 aromatic rings. The summed E-state index contributed by atoms with van der Waals surface area (Å²) in [6.07, 6.45) is 10.4. The van der Waals surface area contributed by atoms with Crippen molar-refractivity contribution in [3.8, 4) is 0 Å². The van der Waals surface area contributed by atoms with Crippen LogP contribution in [0.3, 0.4) is 0 Å². The second kappa shape index (κ2) is 8.28. The van der Waals surface area contributed by atoms with Gasteiger partial charge in [-0.1, -0.05) is 26.2 Å². The summed E-state index contributed by atoms with van der Waals surface area (Å²) in [6.45, 7) is 5.53. The van der Waals surface area contributed by atoms with Crippen LogP contribution in [0.15, 0.2) is 6.20 Å². The first-order chi connectivity index (χ1) is 9.29. The standard InChI is InChI=1S/C15H26N2S2/c1-3-9-16-12(2)14-10-17-15(19-14)11-18-13-7-5-4-6-8-13/h10,12-13,16H,3-9,11H2,1-2H3. The van der Waals surface area contributed by atoms with Gasteiger partial charge in [0, 0.05) is 28.1 Å². The van der Waals surface area contributed by atoms with Gasteiger partial charge in [0.2, 0.25) is 0 Å². The molecule has 108 valence electrons. The van der Waals surface area contributed by atoms with E-state index in [2.05, 4.69) is 42.1 Å². The SMILES string of the molecule is CCCNC(C)c1cnc(CSC2CCCCC2)s1. The Balaban J connectivity index is 1.76. The molecule has 1 heterocycles. The number of rotatable bonds is 7. The molecule has 0 amide bonds. The van der Waals surface area contributed by atoms with Gasteiger partial charge >= 0.3 is 0 Å². The molecule has 0 aliphatic heterocycles. The summed E-state index contributed by atoms with van der Waals surface area (Å²) in [5, 5.41) is 5.72. The van der Waals surface area contributed by atoms with Crippen LogP contribution < -0.4 is 5.32 Å². The first-order valence-corrected chi connectivity index (χ1v) is 9.45. The highest BCUT2D eigenvalue weighted by Crippen LogP contribution is 2.32. The minimum atomic E-state index is 0.450. The van der Waals surface area contributed by atoms with Crippen LogP contribution in [-0.2, 0) is 5.75 Å². The lowest BCUT2D eigenvalue weighted by Crippen LogP contribution is -2.18. The Morgan fingerprint density at radius 2 is 2.21 bits per heavy atom. The number of thiazole rings is 1. The molecule has 1 unspecified atom stereocenters. The molecular formula is C15H26N2S2. The Bertz CT molecular complexity index is 359. The van der Waals surface area contributed by atoms with Crippen molar-refractivity contribution in [2.24, 2.45) is 0 Å². The van der Waals surface area contributed by atoms with Crippen LogP contribution >= 0.6 is 23.1 Å². The summed E-state index contributed by atoms with van der Waals surface area (Å²) in [6, 6.07) is 0.450. The van der Waals surface area contributed by atoms with Crippen molar-refractivity contribution in [2.75, 3.05) is 6.54 Å². The van der Waals surface area contributed by atoms with Crippen LogP contribution in [0.1, 0.15) is 68.3 Å². The number of nitrogens with zero attached hydrogens (tertiary/aromatic N) is 1. The number of hydrogen-bond donors (Lipinski definition) is 1. The van der Waals surface area contributed by atoms with Gasteiger partial charge < -0.3 is 5.32 Å². The second-order valence-corrected chi connectivity index (χ2v) is 7.84. The third-order valence-electron chi connectivity index (χ3n) is 3.69. The largest absolute Gasteiger partial charge is 0.309 e. The van der Waals surface area contributed by atoms with Crippen molar-refractivity contribution < 1.29 is 0 Å². The second-order valence-electron chi connectivity index (χ2n) is 5.40. The van der Waals surface area contributed by atoms with Crippen LogP contribution in [0.4, 0.5) is 0 Å².